The normalized spacial score (nSPS) is 16.0. The van der Waals surface area contributed by atoms with E-state index in [2.05, 4.69) is 10.2 Å². The Morgan fingerprint density at radius 2 is 1.96 bits per heavy atom. The SMILES string of the molecule is CC(C1CC1)N(CC(F)(F)F)C(=O)Cc1n[nH]c(=O)c2ccccc12. The molecule has 0 bridgehead atoms. The third kappa shape index (κ3) is 4.00. The summed E-state index contributed by atoms with van der Waals surface area (Å²) in [6.07, 6.45) is -3.07. The Labute approximate surface area is 141 Å². The summed E-state index contributed by atoms with van der Waals surface area (Å²) >= 11 is 0. The number of carbonyl (C=O) groups excluding carboxylic acids is 1. The molecule has 3 rings (SSSR count). The molecule has 25 heavy (non-hydrogen) atoms. The number of H-pyrrole nitrogens is 1. The second-order valence-corrected chi connectivity index (χ2v) is 6.44. The van der Waals surface area contributed by atoms with Gasteiger partial charge < -0.3 is 4.90 Å². The summed E-state index contributed by atoms with van der Waals surface area (Å²) in [5.74, 6) is -0.520. The van der Waals surface area contributed by atoms with Gasteiger partial charge in [-0.3, -0.25) is 9.59 Å². The van der Waals surface area contributed by atoms with Gasteiger partial charge >= 0.3 is 6.18 Å². The number of rotatable bonds is 5. The highest BCUT2D eigenvalue weighted by molar-refractivity contribution is 5.88. The van der Waals surface area contributed by atoms with Crippen molar-refractivity contribution >= 4 is 16.7 Å². The topological polar surface area (TPSA) is 66.1 Å². The molecule has 1 aromatic carbocycles. The second kappa shape index (κ2) is 6.50. The van der Waals surface area contributed by atoms with E-state index in [0.29, 0.717) is 10.8 Å². The smallest absolute Gasteiger partial charge is 0.330 e. The van der Waals surface area contributed by atoms with E-state index in [1.165, 1.54) is 0 Å². The molecule has 1 unspecified atom stereocenters. The van der Waals surface area contributed by atoms with Gasteiger partial charge in [0.2, 0.25) is 5.91 Å². The van der Waals surface area contributed by atoms with Crippen LogP contribution in [0.15, 0.2) is 29.1 Å². The Hall–Kier alpha value is -2.38. The van der Waals surface area contributed by atoms with Gasteiger partial charge in [0.15, 0.2) is 0 Å². The molecule has 5 nitrogen and oxygen atoms in total. The zero-order chi connectivity index (χ0) is 18.2. The van der Waals surface area contributed by atoms with Gasteiger partial charge in [0.1, 0.15) is 6.54 Å². The van der Waals surface area contributed by atoms with Gasteiger partial charge in [-0.1, -0.05) is 18.2 Å². The minimum atomic E-state index is -4.46. The molecule has 0 radical (unpaired) electrons. The van der Waals surface area contributed by atoms with Crippen LogP contribution >= 0.6 is 0 Å². The number of aromatic nitrogens is 2. The Kier molecular flexibility index (Phi) is 4.53. The molecule has 134 valence electrons. The maximum atomic E-state index is 12.9. The molecule has 0 aliphatic heterocycles. The summed E-state index contributed by atoms with van der Waals surface area (Å²) in [5.41, 5.74) is -0.124. The van der Waals surface area contributed by atoms with E-state index < -0.39 is 30.2 Å². The molecular formula is C17H18F3N3O2. The number of halogens is 3. The fourth-order valence-corrected chi connectivity index (χ4v) is 3.04. The van der Waals surface area contributed by atoms with Crippen LogP contribution in [-0.4, -0.2) is 39.8 Å². The zero-order valence-corrected chi connectivity index (χ0v) is 13.6. The number of amides is 1. The summed E-state index contributed by atoms with van der Waals surface area (Å²) in [5, 5.41) is 7.02. The first-order chi connectivity index (χ1) is 11.8. The number of nitrogens with one attached hydrogen (secondary N) is 1. The van der Waals surface area contributed by atoms with Crippen LogP contribution in [0.3, 0.4) is 0 Å². The van der Waals surface area contributed by atoms with Gasteiger partial charge in [-0.15, -0.1) is 0 Å². The van der Waals surface area contributed by atoms with Gasteiger partial charge in [-0.25, -0.2) is 5.10 Å². The van der Waals surface area contributed by atoms with Crippen molar-refractivity contribution in [3.8, 4) is 0 Å². The van der Waals surface area contributed by atoms with E-state index in [9.17, 15) is 22.8 Å². The number of benzene rings is 1. The van der Waals surface area contributed by atoms with E-state index >= 15 is 0 Å². The van der Waals surface area contributed by atoms with Crippen LogP contribution in [0.25, 0.3) is 10.8 Å². The minimum absolute atomic E-state index is 0.117. The third-order valence-corrected chi connectivity index (χ3v) is 4.56. The van der Waals surface area contributed by atoms with Crippen LogP contribution in [0.1, 0.15) is 25.5 Å². The Bertz CT molecular complexity index is 843. The highest BCUT2D eigenvalue weighted by Gasteiger charge is 2.40. The molecule has 0 saturated heterocycles. The van der Waals surface area contributed by atoms with Crippen molar-refractivity contribution in [3.05, 3.63) is 40.3 Å². The standard InChI is InChI=1S/C17H18F3N3O2/c1-10(11-6-7-11)23(9-17(18,19)20)15(24)8-14-12-4-2-3-5-13(12)16(25)22-21-14/h2-5,10-11H,6-9H2,1H3,(H,22,25). The average molecular weight is 353 g/mol. The highest BCUT2D eigenvalue weighted by Crippen LogP contribution is 2.36. The highest BCUT2D eigenvalue weighted by atomic mass is 19.4. The van der Waals surface area contributed by atoms with Crippen LogP contribution in [0, 0.1) is 5.92 Å². The number of fused-ring (bicyclic) bond motifs is 1. The fourth-order valence-electron chi connectivity index (χ4n) is 3.04. The molecule has 1 heterocycles. The third-order valence-electron chi connectivity index (χ3n) is 4.56. The molecule has 2 aromatic rings. The maximum Gasteiger partial charge on any atom is 0.406 e. The number of nitrogens with zero attached hydrogens (tertiary/aromatic N) is 2. The summed E-state index contributed by atoms with van der Waals surface area (Å²) in [7, 11) is 0. The van der Waals surface area contributed by atoms with E-state index in [0.717, 1.165) is 17.7 Å². The largest absolute Gasteiger partial charge is 0.406 e. The van der Waals surface area contributed by atoms with Crippen molar-refractivity contribution in [2.45, 2.75) is 38.4 Å². The number of carbonyl (C=O) groups is 1. The lowest BCUT2D eigenvalue weighted by molar-refractivity contribution is -0.165. The van der Waals surface area contributed by atoms with Crippen molar-refractivity contribution in [2.75, 3.05) is 6.54 Å². The van der Waals surface area contributed by atoms with Crippen LogP contribution in [-0.2, 0) is 11.2 Å². The lowest BCUT2D eigenvalue weighted by atomic mass is 10.1. The number of alkyl halides is 3. The summed E-state index contributed by atoms with van der Waals surface area (Å²) in [6.45, 7) is 0.379. The van der Waals surface area contributed by atoms with Gasteiger partial charge in [0, 0.05) is 11.4 Å². The van der Waals surface area contributed by atoms with Crippen LogP contribution in [0.4, 0.5) is 13.2 Å². The molecule has 0 spiro atoms. The molecule has 1 saturated carbocycles. The Morgan fingerprint density at radius 3 is 2.56 bits per heavy atom. The molecule has 1 aromatic heterocycles. The van der Waals surface area contributed by atoms with Crippen molar-refractivity contribution in [1.82, 2.24) is 15.1 Å². The minimum Gasteiger partial charge on any atom is -0.330 e. The second-order valence-electron chi connectivity index (χ2n) is 6.44. The monoisotopic (exact) mass is 353 g/mol. The predicted octanol–water partition coefficient (Wildman–Crippen LogP) is 2.66. The Morgan fingerprint density at radius 1 is 1.32 bits per heavy atom. The number of aromatic amines is 1. The lowest BCUT2D eigenvalue weighted by Gasteiger charge is -2.30. The fraction of sp³-hybridized carbons (Fsp3) is 0.471. The van der Waals surface area contributed by atoms with Crippen molar-refractivity contribution in [2.24, 2.45) is 5.92 Å². The van der Waals surface area contributed by atoms with Gasteiger partial charge in [-0.05, 0) is 31.7 Å². The summed E-state index contributed by atoms with van der Waals surface area (Å²) in [6, 6.07) is 6.12. The van der Waals surface area contributed by atoms with E-state index in [1.807, 2.05) is 0 Å². The number of hydrogen-bond acceptors (Lipinski definition) is 3. The first kappa shape index (κ1) is 17.4. The number of hydrogen-bond donors (Lipinski definition) is 1. The summed E-state index contributed by atoms with van der Waals surface area (Å²) < 4.78 is 38.7. The molecule has 1 aliphatic rings. The van der Waals surface area contributed by atoms with Crippen molar-refractivity contribution in [3.63, 3.8) is 0 Å². The Balaban J connectivity index is 1.88. The lowest BCUT2D eigenvalue weighted by Crippen LogP contribution is -2.46. The summed E-state index contributed by atoms with van der Waals surface area (Å²) in [4.78, 5) is 25.3. The molecular weight excluding hydrogens is 335 g/mol. The van der Waals surface area contributed by atoms with E-state index in [1.54, 1.807) is 31.2 Å². The van der Waals surface area contributed by atoms with E-state index in [-0.39, 0.29) is 18.0 Å². The maximum absolute atomic E-state index is 12.9. The van der Waals surface area contributed by atoms with Gasteiger partial charge in [0.25, 0.3) is 5.56 Å². The average Bonchev–Trinajstić information content (AvgIpc) is 3.39. The van der Waals surface area contributed by atoms with Crippen LogP contribution in [0.2, 0.25) is 0 Å². The predicted molar refractivity (Wildman–Crippen MR) is 86.0 cm³/mol. The van der Waals surface area contributed by atoms with Crippen molar-refractivity contribution in [1.29, 1.82) is 0 Å². The van der Waals surface area contributed by atoms with Crippen LogP contribution in [0.5, 0.6) is 0 Å². The molecule has 8 heteroatoms. The molecule has 1 N–H and O–H groups in total. The quantitative estimate of drug-likeness (QED) is 0.899. The van der Waals surface area contributed by atoms with Gasteiger partial charge in [0.05, 0.1) is 17.5 Å². The molecule has 1 aliphatic carbocycles. The first-order valence-electron chi connectivity index (χ1n) is 8.09. The first-order valence-corrected chi connectivity index (χ1v) is 8.09. The molecule has 1 fully saturated rings. The zero-order valence-electron chi connectivity index (χ0n) is 13.6. The van der Waals surface area contributed by atoms with Gasteiger partial charge in [-0.2, -0.15) is 18.3 Å². The van der Waals surface area contributed by atoms with E-state index in [4.69, 9.17) is 0 Å². The van der Waals surface area contributed by atoms with Crippen LogP contribution < -0.4 is 5.56 Å². The van der Waals surface area contributed by atoms with Crippen molar-refractivity contribution < 1.29 is 18.0 Å². The molecule has 1 atom stereocenters. The molecule has 1 amide bonds.